The zero-order chi connectivity index (χ0) is 21.1. The number of aromatic nitrogens is 4. The van der Waals surface area contributed by atoms with Crippen LogP contribution in [0, 0.1) is 13.8 Å². The van der Waals surface area contributed by atoms with Gasteiger partial charge in [-0.1, -0.05) is 66.7 Å². The lowest BCUT2D eigenvalue weighted by molar-refractivity contribution is 0.111. The second kappa shape index (κ2) is 8.47. The van der Waals surface area contributed by atoms with E-state index >= 15 is 0 Å². The molecule has 2 aromatic carbocycles. The minimum atomic E-state index is -0.212. The number of hydrogen-bond donors (Lipinski definition) is 1. The molecule has 0 saturated heterocycles. The van der Waals surface area contributed by atoms with Crippen LogP contribution in [0.2, 0.25) is 0 Å². The highest BCUT2D eigenvalue weighted by molar-refractivity contribution is 5.91. The van der Waals surface area contributed by atoms with Crippen LogP contribution in [0.25, 0.3) is 16.6 Å². The Labute approximate surface area is 174 Å². The SMILES string of the molecule is C=C(c1ccc(C)cc1)c1nn(CCOCc2ccccc2)c2c(=O)[nH]c(C)nc12. The second-order valence-electron chi connectivity index (χ2n) is 7.30. The van der Waals surface area contributed by atoms with Crippen LogP contribution < -0.4 is 5.56 Å². The molecule has 0 spiro atoms. The lowest BCUT2D eigenvalue weighted by Crippen LogP contribution is -2.16. The highest BCUT2D eigenvalue weighted by atomic mass is 16.5. The van der Waals surface area contributed by atoms with Crippen molar-refractivity contribution in [1.29, 1.82) is 0 Å². The lowest BCUT2D eigenvalue weighted by Gasteiger charge is -2.06. The number of nitrogens with zero attached hydrogens (tertiary/aromatic N) is 3. The molecule has 0 fully saturated rings. The largest absolute Gasteiger partial charge is 0.375 e. The molecule has 152 valence electrons. The molecule has 0 saturated carbocycles. The van der Waals surface area contributed by atoms with Crippen molar-refractivity contribution in [1.82, 2.24) is 19.7 Å². The van der Waals surface area contributed by atoms with Gasteiger partial charge in [0.25, 0.3) is 5.56 Å². The maximum absolute atomic E-state index is 12.7. The number of hydrogen-bond acceptors (Lipinski definition) is 4. The second-order valence-corrected chi connectivity index (χ2v) is 7.30. The highest BCUT2D eigenvalue weighted by Crippen LogP contribution is 2.26. The third kappa shape index (κ3) is 4.09. The van der Waals surface area contributed by atoms with Gasteiger partial charge in [0, 0.05) is 5.57 Å². The predicted molar refractivity (Wildman–Crippen MR) is 118 cm³/mol. The average Bonchev–Trinajstić information content (AvgIpc) is 3.10. The summed E-state index contributed by atoms with van der Waals surface area (Å²) in [6, 6.07) is 18.0. The Morgan fingerprint density at radius 3 is 2.57 bits per heavy atom. The van der Waals surface area contributed by atoms with Gasteiger partial charge >= 0.3 is 0 Å². The fraction of sp³-hybridized carbons (Fsp3) is 0.208. The van der Waals surface area contributed by atoms with Gasteiger partial charge in [-0.05, 0) is 25.0 Å². The summed E-state index contributed by atoms with van der Waals surface area (Å²) >= 11 is 0. The van der Waals surface area contributed by atoms with Crippen LogP contribution in [0.4, 0.5) is 0 Å². The van der Waals surface area contributed by atoms with Gasteiger partial charge < -0.3 is 9.72 Å². The summed E-state index contributed by atoms with van der Waals surface area (Å²) in [4.78, 5) is 20.0. The van der Waals surface area contributed by atoms with Gasteiger partial charge in [-0.25, -0.2) is 4.98 Å². The van der Waals surface area contributed by atoms with Crippen LogP contribution in [0.5, 0.6) is 0 Å². The summed E-state index contributed by atoms with van der Waals surface area (Å²) in [5.41, 5.74) is 5.36. The number of fused-ring (bicyclic) bond motifs is 1. The van der Waals surface area contributed by atoms with Gasteiger partial charge in [-0.15, -0.1) is 0 Å². The molecule has 1 N–H and O–H groups in total. The Balaban J connectivity index is 1.62. The summed E-state index contributed by atoms with van der Waals surface area (Å²) in [6.07, 6.45) is 0. The third-order valence-electron chi connectivity index (χ3n) is 4.96. The number of benzene rings is 2. The molecular weight excluding hydrogens is 376 g/mol. The minimum absolute atomic E-state index is 0.212. The van der Waals surface area contributed by atoms with E-state index in [1.165, 1.54) is 5.56 Å². The van der Waals surface area contributed by atoms with Crippen molar-refractivity contribution in [3.05, 3.63) is 99.7 Å². The van der Waals surface area contributed by atoms with Crippen molar-refractivity contribution in [3.8, 4) is 0 Å². The molecule has 0 bridgehead atoms. The Morgan fingerprint density at radius 2 is 1.83 bits per heavy atom. The molecule has 6 heteroatoms. The molecule has 0 unspecified atom stereocenters. The zero-order valence-electron chi connectivity index (χ0n) is 17.2. The highest BCUT2D eigenvalue weighted by Gasteiger charge is 2.19. The first-order chi connectivity index (χ1) is 14.5. The summed E-state index contributed by atoms with van der Waals surface area (Å²) < 4.78 is 7.45. The van der Waals surface area contributed by atoms with Crippen molar-refractivity contribution in [2.45, 2.75) is 27.0 Å². The molecule has 0 aliphatic heterocycles. The first-order valence-corrected chi connectivity index (χ1v) is 9.88. The quantitative estimate of drug-likeness (QED) is 0.476. The monoisotopic (exact) mass is 400 g/mol. The molecule has 0 atom stereocenters. The first kappa shape index (κ1) is 19.8. The van der Waals surface area contributed by atoms with Crippen LogP contribution in [0.3, 0.4) is 0 Å². The maximum atomic E-state index is 12.7. The maximum Gasteiger partial charge on any atom is 0.277 e. The van der Waals surface area contributed by atoms with Gasteiger partial charge in [-0.2, -0.15) is 5.10 Å². The third-order valence-corrected chi connectivity index (χ3v) is 4.96. The molecule has 6 nitrogen and oxygen atoms in total. The number of ether oxygens (including phenoxy) is 1. The van der Waals surface area contributed by atoms with Crippen LogP contribution in [-0.4, -0.2) is 26.4 Å². The van der Waals surface area contributed by atoms with Crippen molar-refractivity contribution in [2.24, 2.45) is 0 Å². The van der Waals surface area contributed by atoms with E-state index in [0.29, 0.717) is 42.3 Å². The summed E-state index contributed by atoms with van der Waals surface area (Å²) in [5, 5.41) is 4.69. The van der Waals surface area contributed by atoms with E-state index in [-0.39, 0.29) is 5.56 Å². The molecule has 0 amide bonds. The number of aromatic amines is 1. The Bertz CT molecular complexity index is 1240. The molecule has 0 aliphatic rings. The molecule has 2 heterocycles. The normalized spacial score (nSPS) is 11.1. The Morgan fingerprint density at radius 1 is 1.10 bits per heavy atom. The zero-order valence-corrected chi connectivity index (χ0v) is 17.2. The van der Waals surface area contributed by atoms with E-state index in [1.54, 1.807) is 11.6 Å². The van der Waals surface area contributed by atoms with E-state index in [1.807, 2.05) is 61.5 Å². The van der Waals surface area contributed by atoms with Crippen molar-refractivity contribution >= 4 is 16.6 Å². The average molecular weight is 400 g/mol. The molecular formula is C24H24N4O2. The molecule has 0 radical (unpaired) electrons. The van der Waals surface area contributed by atoms with Crippen LogP contribution in [0.15, 0.2) is 66.0 Å². The minimum Gasteiger partial charge on any atom is -0.375 e. The molecule has 4 aromatic rings. The van der Waals surface area contributed by atoms with Gasteiger partial charge in [0.2, 0.25) is 0 Å². The van der Waals surface area contributed by atoms with E-state index < -0.39 is 0 Å². The molecule has 30 heavy (non-hydrogen) atoms. The van der Waals surface area contributed by atoms with Crippen molar-refractivity contribution < 1.29 is 4.74 Å². The number of nitrogens with one attached hydrogen (secondary N) is 1. The van der Waals surface area contributed by atoms with Crippen LogP contribution in [-0.2, 0) is 17.9 Å². The summed E-state index contributed by atoms with van der Waals surface area (Å²) in [6.45, 7) is 9.41. The summed E-state index contributed by atoms with van der Waals surface area (Å²) in [5.74, 6) is 0.547. The topological polar surface area (TPSA) is 72.8 Å². The van der Waals surface area contributed by atoms with Gasteiger partial charge in [0.1, 0.15) is 17.0 Å². The predicted octanol–water partition coefficient (Wildman–Crippen LogP) is 4.01. The van der Waals surface area contributed by atoms with Gasteiger partial charge in [0.15, 0.2) is 5.52 Å². The van der Waals surface area contributed by atoms with E-state index in [2.05, 4.69) is 21.6 Å². The molecule has 4 rings (SSSR count). The van der Waals surface area contributed by atoms with E-state index in [0.717, 1.165) is 16.7 Å². The Kier molecular flexibility index (Phi) is 5.59. The van der Waals surface area contributed by atoms with Gasteiger partial charge in [-0.3, -0.25) is 9.48 Å². The van der Waals surface area contributed by atoms with E-state index in [9.17, 15) is 4.79 Å². The standard InChI is InChI=1S/C24H24N4O2/c1-16-9-11-20(12-10-16)17(2)21-22-23(24(29)26-18(3)25-22)28(27-21)13-14-30-15-19-7-5-4-6-8-19/h4-12H,2,13-15H2,1,3H3,(H,25,26,29). The molecule has 2 aromatic heterocycles. The van der Waals surface area contributed by atoms with Crippen molar-refractivity contribution in [3.63, 3.8) is 0 Å². The van der Waals surface area contributed by atoms with Crippen LogP contribution >= 0.6 is 0 Å². The lowest BCUT2D eigenvalue weighted by atomic mass is 10.0. The fourth-order valence-electron chi connectivity index (χ4n) is 3.37. The number of aryl methyl sites for hydroxylation is 2. The Hall–Kier alpha value is -3.51. The summed E-state index contributed by atoms with van der Waals surface area (Å²) in [7, 11) is 0. The fourth-order valence-corrected chi connectivity index (χ4v) is 3.37. The first-order valence-electron chi connectivity index (χ1n) is 9.88. The smallest absolute Gasteiger partial charge is 0.277 e. The molecule has 0 aliphatic carbocycles. The van der Waals surface area contributed by atoms with Crippen molar-refractivity contribution in [2.75, 3.05) is 6.61 Å². The van der Waals surface area contributed by atoms with E-state index in [4.69, 9.17) is 4.74 Å². The number of rotatable bonds is 7. The number of H-pyrrole nitrogens is 1. The van der Waals surface area contributed by atoms with Crippen LogP contribution in [0.1, 0.15) is 28.2 Å². The van der Waals surface area contributed by atoms with Gasteiger partial charge in [0.05, 0.1) is 19.8 Å².